The smallest absolute Gasteiger partial charge is 0.189 e. The lowest BCUT2D eigenvalue weighted by molar-refractivity contribution is 0.176. The Morgan fingerprint density at radius 2 is 2.23 bits per heavy atom. The summed E-state index contributed by atoms with van der Waals surface area (Å²) in [5.74, 6) is 1.94. The number of aromatic nitrogens is 1. The van der Waals surface area contributed by atoms with E-state index >= 15 is 0 Å². The summed E-state index contributed by atoms with van der Waals surface area (Å²) in [5.41, 5.74) is 8.55. The Labute approximate surface area is 202 Å². The van der Waals surface area contributed by atoms with Gasteiger partial charge in [-0.25, -0.2) is 9.98 Å². The van der Waals surface area contributed by atoms with E-state index in [2.05, 4.69) is 63.7 Å². The number of nitrogens with two attached hydrogens (primary N) is 1. The number of hydrogen-bond donors (Lipinski definition) is 2. The Morgan fingerprint density at radius 1 is 1.35 bits per heavy atom. The van der Waals surface area contributed by atoms with Crippen molar-refractivity contribution in [1.82, 2.24) is 9.88 Å². The zero-order valence-electron chi connectivity index (χ0n) is 17.7. The standard InChI is InChI=1S/C22H27N5S3.ClH/c1-15-5-4-10-27(12-15)13-16-6-3-7-17(11-16)24-22-26-19(14-29-22)25-21(23)18-8-9-20(28-2)30-18;/h3,6-9,11,14-15H,4-5,10,12-13H2,1-2H3,(H2,23,25)(H,24,26);1H. The molecule has 3 aromatic rings. The van der Waals surface area contributed by atoms with E-state index in [1.165, 1.54) is 47.0 Å². The minimum atomic E-state index is 0. The third-order valence-corrected chi connectivity index (χ3v) is 8.02. The fourth-order valence-corrected chi connectivity index (χ4v) is 5.77. The molecule has 9 heteroatoms. The highest BCUT2D eigenvalue weighted by molar-refractivity contribution is 8.00. The molecule has 1 fully saturated rings. The second-order valence-electron chi connectivity index (χ2n) is 7.64. The summed E-state index contributed by atoms with van der Waals surface area (Å²) in [4.78, 5) is 12.6. The van der Waals surface area contributed by atoms with Crippen molar-refractivity contribution in [2.24, 2.45) is 16.6 Å². The summed E-state index contributed by atoms with van der Waals surface area (Å²) in [6, 6.07) is 12.7. The number of piperidine rings is 1. The third-order valence-electron chi connectivity index (χ3n) is 5.09. The summed E-state index contributed by atoms with van der Waals surface area (Å²) in [6.45, 7) is 5.73. The molecule has 0 radical (unpaired) electrons. The molecule has 3 heterocycles. The van der Waals surface area contributed by atoms with Crippen LogP contribution in [0.5, 0.6) is 0 Å². The molecule has 1 aromatic carbocycles. The van der Waals surface area contributed by atoms with Gasteiger partial charge in [0, 0.05) is 24.2 Å². The Bertz CT molecular complexity index is 1020. The van der Waals surface area contributed by atoms with Crippen LogP contribution in [0.15, 0.2) is 51.0 Å². The van der Waals surface area contributed by atoms with Gasteiger partial charge in [0.25, 0.3) is 0 Å². The van der Waals surface area contributed by atoms with Crippen LogP contribution in [0.4, 0.5) is 16.6 Å². The molecule has 0 aliphatic carbocycles. The number of nitrogens with one attached hydrogen (secondary N) is 1. The number of thioether (sulfide) groups is 1. The van der Waals surface area contributed by atoms with E-state index in [9.17, 15) is 0 Å². The van der Waals surface area contributed by atoms with Crippen LogP contribution in [0.25, 0.3) is 0 Å². The van der Waals surface area contributed by atoms with Crippen molar-refractivity contribution < 1.29 is 0 Å². The molecule has 1 saturated heterocycles. The number of anilines is 2. The van der Waals surface area contributed by atoms with Crippen molar-refractivity contribution in [3.05, 3.63) is 52.2 Å². The van der Waals surface area contributed by atoms with E-state index in [1.807, 2.05) is 11.4 Å². The molecule has 0 saturated carbocycles. The highest BCUT2D eigenvalue weighted by Gasteiger charge is 2.16. The Balaban J connectivity index is 0.00000272. The average molecular weight is 494 g/mol. The van der Waals surface area contributed by atoms with Crippen LogP contribution in [0.3, 0.4) is 0 Å². The summed E-state index contributed by atoms with van der Waals surface area (Å²) in [5, 5.41) is 6.16. The number of nitrogens with zero attached hydrogens (tertiary/aromatic N) is 3. The summed E-state index contributed by atoms with van der Waals surface area (Å²) in [7, 11) is 0. The molecule has 166 valence electrons. The maximum atomic E-state index is 6.17. The highest BCUT2D eigenvalue weighted by atomic mass is 35.5. The van der Waals surface area contributed by atoms with Gasteiger partial charge in [-0.15, -0.1) is 46.8 Å². The Hall–Kier alpha value is -1.58. The summed E-state index contributed by atoms with van der Waals surface area (Å²) >= 11 is 4.90. The molecule has 31 heavy (non-hydrogen) atoms. The van der Waals surface area contributed by atoms with Crippen LogP contribution in [0.1, 0.15) is 30.2 Å². The fraction of sp³-hybridized carbons (Fsp3) is 0.364. The molecule has 3 N–H and O–H groups in total. The molecular weight excluding hydrogens is 466 g/mol. The van der Waals surface area contributed by atoms with Crippen LogP contribution in [-0.2, 0) is 6.54 Å². The largest absolute Gasteiger partial charge is 0.382 e. The highest BCUT2D eigenvalue weighted by Crippen LogP contribution is 2.28. The molecule has 0 bridgehead atoms. The van der Waals surface area contributed by atoms with Gasteiger partial charge in [-0.3, -0.25) is 4.90 Å². The molecule has 0 spiro atoms. The van der Waals surface area contributed by atoms with E-state index in [4.69, 9.17) is 5.73 Å². The number of benzene rings is 1. The van der Waals surface area contributed by atoms with E-state index in [-0.39, 0.29) is 12.4 Å². The lowest BCUT2D eigenvalue weighted by Crippen LogP contribution is -2.33. The number of halogens is 1. The number of likely N-dealkylation sites (tertiary alicyclic amines) is 1. The third kappa shape index (κ3) is 6.70. The predicted octanol–water partition coefficient (Wildman–Crippen LogP) is 6.36. The minimum absolute atomic E-state index is 0. The van der Waals surface area contributed by atoms with Crippen molar-refractivity contribution in [3.63, 3.8) is 0 Å². The number of aliphatic imine (C=N–C) groups is 1. The van der Waals surface area contributed by atoms with Crippen LogP contribution < -0.4 is 11.1 Å². The number of amidine groups is 1. The molecule has 1 unspecified atom stereocenters. The summed E-state index contributed by atoms with van der Waals surface area (Å²) < 4.78 is 1.22. The van der Waals surface area contributed by atoms with Crippen molar-refractivity contribution >= 4 is 69.3 Å². The normalized spacial score (nSPS) is 17.4. The molecule has 1 atom stereocenters. The Morgan fingerprint density at radius 3 is 3.00 bits per heavy atom. The van der Waals surface area contributed by atoms with Gasteiger partial charge >= 0.3 is 0 Å². The maximum absolute atomic E-state index is 6.17. The van der Waals surface area contributed by atoms with E-state index in [0.717, 1.165) is 28.2 Å². The van der Waals surface area contributed by atoms with Gasteiger partial charge in [0.1, 0.15) is 5.84 Å². The van der Waals surface area contributed by atoms with Crippen molar-refractivity contribution in [2.45, 2.75) is 30.5 Å². The van der Waals surface area contributed by atoms with Gasteiger partial charge in [-0.2, -0.15) is 0 Å². The van der Waals surface area contributed by atoms with E-state index in [1.54, 1.807) is 23.1 Å². The first-order valence-electron chi connectivity index (χ1n) is 10.1. The maximum Gasteiger partial charge on any atom is 0.189 e. The summed E-state index contributed by atoms with van der Waals surface area (Å²) in [6.07, 6.45) is 4.71. The molecule has 0 amide bonds. The number of thiophene rings is 1. The Kier molecular flexibility index (Phi) is 8.80. The molecule has 2 aromatic heterocycles. The van der Waals surface area contributed by atoms with Gasteiger partial charge in [0.15, 0.2) is 10.9 Å². The quantitative estimate of drug-likeness (QED) is 0.227. The van der Waals surface area contributed by atoms with Crippen LogP contribution in [0, 0.1) is 5.92 Å². The zero-order chi connectivity index (χ0) is 20.9. The zero-order valence-corrected chi connectivity index (χ0v) is 21.0. The van der Waals surface area contributed by atoms with Crippen molar-refractivity contribution in [3.8, 4) is 0 Å². The van der Waals surface area contributed by atoms with Crippen molar-refractivity contribution in [2.75, 3.05) is 24.7 Å². The topological polar surface area (TPSA) is 66.5 Å². The molecule has 1 aliphatic rings. The number of hydrogen-bond acceptors (Lipinski definition) is 7. The van der Waals surface area contributed by atoms with Crippen LogP contribution >= 0.6 is 46.8 Å². The van der Waals surface area contributed by atoms with Gasteiger partial charge in [-0.1, -0.05) is 19.1 Å². The van der Waals surface area contributed by atoms with Gasteiger partial charge in [-0.05, 0) is 61.4 Å². The van der Waals surface area contributed by atoms with Crippen LogP contribution in [-0.4, -0.2) is 35.1 Å². The second-order valence-corrected chi connectivity index (χ2v) is 10.7. The second kappa shape index (κ2) is 11.3. The van der Waals surface area contributed by atoms with E-state index in [0.29, 0.717) is 11.7 Å². The first kappa shape index (κ1) is 24.1. The van der Waals surface area contributed by atoms with Gasteiger partial charge in [0.2, 0.25) is 0 Å². The molecular formula is C22H28ClN5S3. The monoisotopic (exact) mass is 493 g/mol. The lowest BCUT2D eigenvalue weighted by atomic mass is 10.00. The van der Waals surface area contributed by atoms with Crippen molar-refractivity contribution in [1.29, 1.82) is 0 Å². The molecule has 1 aliphatic heterocycles. The first-order valence-corrected chi connectivity index (χ1v) is 13.0. The minimum Gasteiger partial charge on any atom is -0.382 e. The SMILES string of the molecule is CSc1ccc(C(N)=Nc2csc(Nc3cccc(CN4CCCC(C)C4)c3)n2)s1.Cl. The first-order chi connectivity index (χ1) is 14.6. The van der Waals surface area contributed by atoms with E-state index < -0.39 is 0 Å². The molecule has 4 rings (SSSR count). The van der Waals surface area contributed by atoms with Gasteiger partial charge < -0.3 is 11.1 Å². The number of thiazole rings is 1. The lowest BCUT2D eigenvalue weighted by Gasteiger charge is -2.30. The van der Waals surface area contributed by atoms with Crippen LogP contribution in [0.2, 0.25) is 0 Å². The molecule has 5 nitrogen and oxygen atoms in total. The average Bonchev–Trinajstić information content (AvgIpc) is 3.38. The fourth-order valence-electron chi connectivity index (χ4n) is 3.68. The van der Waals surface area contributed by atoms with Gasteiger partial charge in [0.05, 0.1) is 9.09 Å². The predicted molar refractivity (Wildman–Crippen MR) is 139 cm³/mol. The number of rotatable bonds is 7.